The highest BCUT2D eigenvalue weighted by Gasteiger charge is 2.32. The molecule has 3 heterocycles. The summed E-state index contributed by atoms with van der Waals surface area (Å²) in [5.74, 6) is 0.852. The molecule has 0 N–H and O–H groups in total. The number of para-hydroxylation sites is 1. The van der Waals surface area contributed by atoms with Gasteiger partial charge in [-0.05, 0) is 17.5 Å². The maximum atomic E-state index is 12.8. The molecule has 1 atom stereocenters. The van der Waals surface area contributed by atoms with Crippen LogP contribution in [0.4, 0.5) is 0 Å². The van der Waals surface area contributed by atoms with Crippen molar-refractivity contribution in [3.05, 3.63) is 63.7 Å². The number of fused-ring (bicyclic) bond motifs is 3. The van der Waals surface area contributed by atoms with Gasteiger partial charge in [-0.1, -0.05) is 24.3 Å². The molecule has 7 nitrogen and oxygen atoms in total. The minimum atomic E-state index is 0.00619. The summed E-state index contributed by atoms with van der Waals surface area (Å²) in [6, 6.07) is 11.8. The maximum absolute atomic E-state index is 12.8. The summed E-state index contributed by atoms with van der Waals surface area (Å²) in [7, 11) is 3.27. The number of benzene rings is 1. The zero-order valence-electron chi connectivity index (χ0n) is 16.7. The fraction of sp³-hybridized carbons (Fsp3) is 0.273. The van der Waals surface area contributed by atoms with Gasteiger partial charge >= 0.3 is 0 Å². The number of carbonyl (C=O) groups is 1. The van der Waals surface area contributed by atoms with Crippen molar-refractivity contribution in [3.63, 3.8) is 0 Å². The third-order valence-corrected chi connectivity index (χ3v) is 6.48. The third-order valence-electron chi connectivity index (χ3n) is 5.45. The minimum absolute atomic E-state index is 0.00619. The average molecular weight is 420 g/mol. The predicted octanol–water partition coefficient (Wildman–Crippen LogP) is 3.92. The van der Waals surface area contributed by atoms with Gasteiger partial charge in [0.1, 0.15) is 5.75 Å². The van der Waals surface area contributed by atoms with E-state index in [9.17, 15) is 4.79 Å². The van der Waals surface area contributed by atoms with Crippen LogP contribution >= 0.6 is 11.3 Å². The molecule has 1 unspecified atom stereocenters. The largest absolute Gasteiger partial charge is 0.496 e. The van der Waals surface area contributed by atoms with Gasteiger partial charge in [-0.15, -0.1) is 21.5 Å². The smallest absolute Gasteiger partial charge is 0.186 e. The van der Waals surface area contributed by atoms with Gasteiger partial charge in [0.05, 0.1) is 30.7 Å². The highest BCUT2D eigenvalue weighted by atomic mass is 32.1. The maximum Gasteiger partial charge on any atom is 0.186 e. The van der Waals surface area contributed by atoms with E-state index in [0.29, 0.717) is 30.8 Å². The Kier molecular flexibility index (Phi) is 4.80. The Labute approximate surface area is 177 Å². The summed E-state index contributed by atoms with van der Waals surface area (Å²) in [5, 5.41) is 15.6. The molecule has 4 aromatic rings. The Morgan fingerprint density at radius 1 is 1.13 bits per heavy atom. The van der Waals surface area contributed by atoms with Crippen molar-refractivity contribution in [2.75, 3.05) is 14.2 Å². The highest BCUT2D eigenvalue weighted by Crippen LogP contribution is 2.38. The number of hydrogen-bond acceptors (Lipinski definition) is 7. The molecule has 30 heavy (non-hydrogen) atoms. The summed E-state index contributed by atoms with van der Waals surface area (Å²) in [4.78, 5) is 14.0. The molecule has 1 aromatic carbocycles. The summed E-state index contributed by atoms with van der Waals surface area (Å²) in [6.45, 7) is 0.313. The van der Waals surface area contributed by atoms with E-state index < -0.39 is 0 Å². The van der Waals surface area contributed by atoms with E-state index in [0.717, 1.165) is 28.3 Å². The molecule has 152 valence electrons. The van der Waals surface area contributed by atoms with Crippen molar-refractivity contribution < 1.29 is 14.3 Å². The average Bonchev–Trinajstić information content (AvgIpc) is 3.42. The molecule has 0 spiro atoms. The molecule has 3 aromatic heterocycles. The van der Waals surface area contributed by atoms with Gasteiger partial charge in [0, 0.05) is 36.3 Å². The predicted molar refractivity (Wildman–Crippen MR) is 113 cm³/mol. The van der Waals surface area contributed by atoms with Crippen molar-refractivity contribution >= 4 is 22.8 Å². The summed E-state index contributed by atoms with van der Waals surface area (Å²) in [6.07, 6.45) is 1.13. The number of rotatable bonds is 5. The topological polar surface area (TPSA) is 78.6 Å². The highest BCUT2D eigenvalue weighted by molar-refractivity contribution is 7.10. The third kappa shape index (κ3) is 3.00. The normalized spacial score (nSPS) is 16.1. The minimum Gasteiger partial charge on any atom is -0.496 e. The summed E-state index contributed by atoms with van der Waals surface area (Å²) >= 11 is 1.68. The van der Waals surface area contributed by atoms with E-state index in [4.69, 9.17) is 14.6 Å². The first-order valence-electron chi connectivity index (χ1n) is 9.67. The van der Waals surface area contributed by atoms with Gasteiger partial charge in [0.15, 0.2) is 17.1 Å². The van der Waals surface area contributed by atoms with Crippen molar-refractivity contribution in [3.8, 4) is 16.9 Å². The summed E-state index contributed by atoms with van der Waals surface area (Å²) in [5.41, 5.74) is 4.23. The van der Waals surface area contributed by atoms with Gasteiger partial charge < -0.3 is 9.47 Å². The number of methoxy groups -OCH3 is 2. The Hall–Kier alpha value is -3.10. The lowest BCUT2D eigenvalue weighted by Crippen LogP contribution is -2.23. The lowest BCUT2D eigenvalue weighted by molar-refractivity contribution is 0.0956. The Morgan fingerprint density at radius 3 is 2.77 bits per heavy atom. The Balaban J connectivity index is 1.73. The van der Waals surface area contributed by atoms with Crippen LogP contribution in [0.2, 0.25) is 0 Å². The van der Waals surface area contributed by atoms with E-state index in [1.54, 1.807) is 30.1 Å². The van der Waals surface area contributed by atoms with Gasteiger partial charge in [0.2, 0.25) is 0 Å². The number of aromatic nitrogens is 4. The SMILES string of the molecule is COCc1nn2c3c(nnc2c1-c1ccccc1OC)C(=O)CC(c1cccs1)C3. The quantitative estimate of drug-likeness (QED) is 0.487. The molecular weight excluding hydrogens is 400 g/mol. The van der Waals surface area contributed by atoms with Gasteiger partial charge in [-0.2, -0.15) is 5.10 Å². The van der Waals surface area contributed by atoms with Crippen LogP contribution in [0.5, 0.6) is 5.75 Å². The monoisotopic (exact) mass is 420 g/mol. The van der Waals surface area contributed by atoms with Crippen LogP contribution in [-0.2, 0) is 17.8 Å². The molecule has 5 rings (SSSR count). The van der Waals surface area contributed by atoms with Crippen LogP contribution in [-0.4, -0.2) is 39.8 Å². The number of hydrogen-bond donors (Lipinski definition) is 0. The first-order chi connectivity index (χ1) is 14.7. The lowest BCUT2D eigenvalue weighted by Gasteiger charge is -2.21. The fourth-order valence-electron chi connectivity index (χ4n) is 4.10. The fourth-order valence-corrected chi connectivity index (χ4v) is 4.93. The van der Waals surface area contributed by atoms with Crippen LogP contribution in [0.1, 0.15) is 39.1 Å². The van der Waals surface area contributed by atoms with Gasteiger partial charge in [-0.3, -0.25) is 4.79 Å². The van der Waals surface area contributed by atoms with Crippen molar-refractivity contribution in [1.29, 1.82) is 0 Å². The molecule has 8 heteroatoms. The number of nitrogens with zero attached hydrogens (tertiary/aromatic N) is 4. The van der Waals surface area contributed by atoms with Crippen LogP contribution in [0.15, 0.2) is 41.8 Å². The molecule has 0 fully saturated rings. The second kappa shape index (κ2) is 7.62. The van der Waals surface area contributed by atoms with Crippen LogP contribution in [0, 0.1) is 0 Å². The van der Waals surface area contributed by atoms with E-state index in [1.165, 1.54) is 4.88 Å². The van der Waals surface area contributed by atoms with E-state index in [2.05, 4.69) is 16.3 Å². The zero-order valence-corrected chi connectivity index (χ0v) is 17.5. The van der Waals surface area contributed by atoms with Gasteiger partial charge in [-0.25, -0.2) is 4.52 Å². The first kappa shape index (κ1) is 18.9. The molecular formula is C22H20N4O3S. The molecule has 0 saturated heterocycles. The second-order valence-corrected chi connectivity index (χ2v) is 8.21. The van der Waals surface area contributed by atoms with Gasteiger partial charge in [0.25, 0.3) is 0 Å². The summed E-state index contributed by atoms with van der Waals surface area (Å²) < 4.78 is 12.8. The molecule has 0 saturated carbocycles. The second-order valence-electron chi connectivity index (χ2n) is 7.23. The van der Waals surface area contributed by atoms with Crippen molar-refractivity contribution in [1.82, 2.24) is 19.8 Å². The van der Waals surface area contributed by atoms with E-state index in [1.807, 2.05) is 35.7 Å². The number of thiophene rings is 1. The molecule has 0 bridgehead atoms. The Bertz CT molecular complexity index is 1230. The zero-order chi connectivity index (χ0) is 20.7. The number of ether oxygens (including phenoxy) is 2. The molecule has 0 radical (unpaired) electrons. The first-order valence-corrected chi connectivity index (χ1v) is 10.5. The number of ketones is 1. The van der Waals surface area contributed by atoms with Crippen molar-refractivity contribution in [2.45, 2.75) is 25.4 Å². The molecule has 1 aliphatic carbocycles. The van der Waals surface area contributed by atoms with E-state index in [-0.39, 0.29) is 11.7 Å². The molecule has 0 aliphatic heterocycles. The molecule has 1 aliphatic rings. The number of carbonyl (C=O) groups excluding carboxylic acids is 1. The van der Waals surface area contributed by atoms with Crippen LogP contribution < -0.4 is 4.74 Å². The molecule has 0 amide bonds. The lowest BCUT2D eigenvalue weighted by atomic mass is 9.87. The van der Waals surface area contributed by atoms with E-state index >= 15 is 0 Å². The standard InChI is InChI=1S/C22H20N4O3S/c1-28-12-15-20(14-6-3-4-7-18(14)29-2)22-24-23-21-16(26(22)25-15)10-13(11-17(21)27)19-8-5-9-30-19/h3-9,13H,10-12H2,1-2H3. The van der Waals surface area contributed by atoms with Crippen molar-refractivity contribution in [2.24, 2.45) is 0 Å². The Morgan fingerprint density at radius 2 is 2.00 bits per heavy atom. The van der Waals surface area contributed by atoms with Crippen LogP contribution in [0.25, 0.3) is 16.8 Å². The van der Waals surface area contributed by atoms with Crippen LogP contribution in [0.3, 0.4) is 0 Å². The number of Topliss-reactive ketones (excluding diaryl/α,β-unsaturated/α-hetero) is 1.